The number of hydrogen-bond donors (Lipinski definition) is 2. The minimum absolute atomic E-state index is 0.0829. The monoisotopic (exact) mass is 297 g/mol. The van der Waals surface area contributed by atoms with Crippen molar-refractivity contribution in [1.82, 2.24) is 9.29 Å². The smallest absolute Gasteiger partial charge is 0.246 e. The molecule has 3 unspecified atom stereocenters. The quantitative estimate of drug-likeness (QED) is 0.849. The molecule has 0 bridgehead atoms. The zero-order chi connectivity index (χ0) is 14.3. The first-order valence-corrected chi connectivity index (χ1v) is 8.29. The van der Waals surface area contributed by atoms with E-state index in [-0.39, 0.29) is 22.8 Å². The Morgan fingerprint density at radius 2 is 2.20 bits per heavy atom. The van der Waals surface area contributed by atoms with Crippen molar-refractivity contribution in [2.75, 3.05) is 25.5 Å². The summed E-state index contributed by atoms with van der Waals surface area (Å²) < 4.78 is 26.9. The Morgan fingerprint density at radius 3 is 2.90 bits per heavy atom. The minimum atomic E-state index is -3.55. The van der Waals surface area contributed by atoms with Crippen LogP contribution in [-0.2, 0) is 10.0 Å². The van der Waals surface area contributed by atoms with Crippen LogP contribution in [0, 0.1) is 11.8 Å². The minimum Gasteiger partial charge on any atom is -0.393 e. The van der Waals surface area contributed by atoms with Gasteiger partial charge in [-0.15, -0.1) is 0 Å². The molecular weight excluding hydrogens is 278 g/mol. The zero-order valence-electron chi connectivity index (χ0n) is 11.4. The van der Waals surface area contributed by atoms with E-state index in [0.717, 1.165) is 12.8 Å². The predicted molar refractivity (Wildman–Crippen MR) is 74.8 cm³/mol. The topological polar surface area (TPSA) is 82.5 Å². The summed E-state index contributed by atoms with van der Waals surface area (Å²) in [6.07, 6.45) is 2.90. The summed E-state index contributed by atoms with van der Waals surface area (Å²) in [5.74, 6) is 0.735. The number of rotatable bonds is 3. The molecule has 1 aliphatic heterocycles. The number of fused-ring (bicyclic) bond motifs is 1. The third-order valence-electron chi connectivity index (χ3n) is 4.41. The second-order valence-corrected chi connectivity index (χ2v) is 7.40. The van der Waals surface area contributed by atoms with E-state index in [1.165, 1.54) is 4.31 Å². The summed E-state index contributed by atoms with van der Waals surface area (Å²) in [5, 5.41) is 12.7. The summed E-state index contributed by atoms with van der Waals surface area (Å²) >= 11 is 0. The van der Waals surface area contributed by atoms with Gasteiger partial charge in [0.05, 0.1) is 6.10 Å². The lowest BCUT2D eigenvalue weighted by molar-refractivity contribution is 0.129. The Kier molecular flexibility index (Phi) is 3.43. The highest BCUT2D eigenvalue weighted by atomic mass is 32.2. The van der Waals surface area contributed by atoms with Crippen molar-refractivity contribution in [2.24, 2.45) is 11.8 Å². The number of pyridine rings is 1. The maximum Gasteiger partial charge on any atom is 0.246 e. The first-order valence-electron chi connectivity index (χ1n) is 6.85. The highest BCUT2D eigenvalue weighted by molar-refractivity contribution is 7.89. The molecule has 110 valence electrons. The Balaban J connectivity index is 1.90. The molecule has 2 aliphatic rings. The number of aliphatic hydroxyl groups excluding tert-OH is 1. The lowest BCUT2D eigenvalue weighted by Crippen LogP contribution is -2.31. The van der Waals surface area contributed by atoms with Gasteiger partial charge >= 0.3 is 0 Å². The molecule has 0 aromatic carbocycles. The Morgan fingerprint density at radius 1 is 1.40 bits per heavy atom. The second kappa shape index (κ2) is 4.98. The number of nitrogens with one attached hydrogen (secondary N) is 1. The second-order valence-electron chi connectivity index (χ2n) is 5.49. The van der Waals surface area contributed by atoms with Crippen molar-refractivity contribution in [2.45, 2.75) is 23.8 Å². The summed E-state index contributed by atoms with van der Waals surface area (Å²) in [6.45, 7) is 0.911. The fraction of sp³-hybridized carbons (Fsp3) is 0.615. The lowest BCUT2D eigenvalue weighted by atomic mass is 10.00. The van der Waals surface area contributed by atoms with Crippen LogP contribution in [0.5, 0.6) is 0 Å². The SMILES string of the molecule is CNc1ncccc1S(=O)(=O)N1CC2CCC(O)C2C1. The van der Waals surface area contributed by atoms with Gasteiger partial charge in [-0.3, -0.25) is 0 Å². The Labute approximate surface area is 118 Å². The number of hydrogen-bond acceptors (Lipinski definition) is 5. The van der Waals surface area contributed by atoms with E-state index in [9.17, 15) is 13.5 Å². The van der Waals surface area contributed by atoms with Gasteiger partial charge < -0.3 is 10.4 Å². The van der Waals surface area contributed by atoms with Crippen LogP contribution in [0.1, 0.15) is 12.8 Å². The van der Waals surface area contributed by atoms with Crippen molar-refractivity contribution >= 4 is 15.8 Å². The fourth-order valence-corrected chi connectivity index (χ4v) is 5.00. The molecule has 0 amide bonds. The normalized spacial score (nSPS) is 30.4. The van der Waals surface area contributed by atoms with Crippen molar-refractivity contribution in [3.05, 3.63) is 18.3 Å². The van der Waals surface area contributed by atoms with Crippen LogP contribution < -0.4 is 5.32 Å². The van der Waals surface area contributed by atoms with E-state index in [4.69, 9.17) is 0 Å². The van der Waals surface area contributed by atoms with E-state index in [2.05, 4.69) is 10.3 Å². The molecule has 0 radical (unpaired) electrons. The molecular formula is C13H19N3O3S. The average molecular weight is 297 g/mol. The molecule has 3 atom stereocenters. The van der Waals surface area contributed by atoms with Crippen molar-refractivity contribution in [1.29, 1.82) is 0 Å². The van der Waals surface area contributed by atoms with Crippen LogP contribution in [-0.4, -0.2) is 49.1 Å². The molecule has 3 rings (SSSR count). The van der Waals surface area contributed by atoms with E-state index in [1.54, 1.807) is 25.4 Å². The van der Waals surface area contributed by atoms with E-state index < -0.39 is 10.0 Å². The van der Waals surface area contributed by atoms with Crippen LogP contribution in [0.3, 0.4) is 0 Å². The molecule has 1 aromatic heterocycles. The van der Waals surface area contributed by atoms with Gasteiger partial charge in [-0.1, -0.05) is 0 Å². The molecule has 6 nitrogen and oxygen atoms in total. The van der Waals surface area contributed by atoms with Gasteiger partial charge in [0.2, 0.25) is 10.0 Å². The van der Waals surface area contributed by atoms with Crippen LogP contribution in [0.15, 0.2) is 23.2 Å². The molecule has 1 saturated heterocycles. The molecule has 1 saturated carbocycles. The first kappa shape index (κ1) is 13.8. The summed E-state index contributed by atoms with van der Waals surface area (Å²) in [7, 11) is -1.89. The lowest BCUT2D eigenvalue weighted by Gasteiger charge is -2.19. The van der Waals surface area contributed by atoms with Crippen LogP contribution in [0.25, 0.3) is 0 Å². The van der Waals surface area contributed by atoms with Crippen LogP contribution in [0.4, 0.5) is 5.82 Å². The van der Waals surface area contributed by atoms with Gasteiger partial charge in [0.1, 0.15) is 10.7 Å². The van der Waals surface area contributed by atoms with Crippen LogP contribution in [0.2, 0.25) is 0 Å². The number of aliphatic hydroxyl groups is 1. The third-order valence-corrected chi connectivity index (χ3v) is 6.27. The maximum absolute atomic E-state index is 12.7. The predicted octanol–water partition coefficient (Wildman–Crippen LogP) is 0.515. The van der Waals surface area contributed by atoms with Crippen LogP contribution >= 0.6 is 0 Å². The number of anilines is 1. The summed E-state index contributed by atoms with van der Waals surface area (Å²) in [4.78, 5) is 4.26. The standard InChI is InChI=1S/C13H19N3O3S/c1-14-13-12(3-2-6-15-13)20(18,19)16-7-9-4-5-11(17)10(9)8-16/h2-3,6,9-11,17H,4-5,7-8H2,1H3,(H,14,15). The molecule has 20 heavy (non-hydrogen) atoms. The number of nitrogens with zero attached hydrogens (tertiary/aromatic N) is 2. The zero-order valence-corrected chi connectivity index (χ0v) is 12.2. The van der Waals surface area contributed by atoms with Gasteiger partial charge in [0.25, 0.3) is 0 Å². The summed E-state index contributed by atoms with van der Waals surface area (Å²) in [5.41, 5.74) is 0. The third kappa shape index (κ3) is 2.10. The van der Waals surface area contributed by atoms with Crippen molar-refractivity contribution in [3.8, 4) is 0 Å². The van der Waals surface area contributed by atoms with E-state index >= 15 is 0 Å². The van der Waals surface area contributed by atoms with E-state index in [0.29, 0.717) is 18.9 Å². The van der Waals surface area contributed by atoms with Gasteiger partial charge in [0, 0.05) is 32.3 Å². The highest BCUT2D eigenvalue weighted by Gasteiger charge is 2.46. The molecule has 1 aromatic rings. The van der Waals surface area contributed by atoms with E-state index in [1.807, 2.05) is 0 Å². The molecule has 7 heteroatoms. The van der Waals surface area contributed by atoms with Gasteiger partial charge in [-0.05, 0) is 30.9 Å². The highest BCUT2D eigenvalue weighted by Crippen LogP contribution is 2.40. The fourth-order valence-electron chi connectivity index (χ4n) is 3.32. The van der Waals surface area contributed by atoms with Crippen molar-refractivity contribution in [3.63, 3.8) is 0 Å². The molecule has 1 aliphatic carbocycles. The Bertz CT molecular complexity index is 605. The molecule has 2 heterocycles. The largest absolute Gasteiger partial charge is 0.393 e. The number of sulfonamides is 1. The molecule has 2 N–H and O–H groups in total. The van der Waals surface area contributed by atoms with Gasteiger partial charge in [-0.25, -0.2) is 13.4 Å². The van der Waals surface area contributed by atoms with Crippen molar-refractivity contribution < 1.29 is 13.5 Å². The molecule has 0 spiro atoms. The maximum atomic E-state index is 12.7. The Hall–Kier alpha value is -1.18. The average Bonchev–Trinajstić information content (AvgIpc) is 3.02. The van der Waals surface area contributed by atoms with Gasteiger partial charge in [0.15, 0.2) is 0 Å². The number of aromatic nitrogens is 1. The van der Waals surface area contributed by atoms with Gasteiger partial charge in [-0.2, -0.15) is 4.31 Å². The molecule has 2 fully saturated rings. The summed E-state index contributed by atoms with van der Waals surface area (Å²) in [6, 6.07) is 3.19. The first-order chi connectivity index (χ1) is 9.54.